The monoisotopic (exact) mass is 264 g/mol. The predicted molar refractivity (Wildman–Crippen MR) is 69.3 cm³/mol. The van der Waals surface area contributed by atoms with Gasteiger partial charge in [-0.05, 0) is 31.5 Å². The zero-order chi connectivity index (χ0) is 13.8. The van der Waals surface area contributed by atoms with Crippen LogP contribution in [-0.2, 0) is 13.2 Å². The number of aryl methyl sites for hydroxylation is 1. The number of aliphatic hydroxyl groups excluding tert-OH is 1. The first-order valence-electron chi connectivity index (χ1n) is 6.21. The number of rotatable bonds is 5. The average Bonchev–Trinajstić information content (AvgIpc) is 2.85. The van der Waals surface area contributed by atoms with Crippen LogP contribution in [0.25, 0.3) is 0 Å². The first kappa shape index (κ1) is 13.5. The second-order valence-electron chi connectivity index (χ2n) is 4.36. The van der Waals surface area contributed by atoms with Gasteiger partial charge in [-0.2, -0.15) is 5.10 Å². The molecular weight excluding hydrogens is 247 g/mol. The molecule has 0 spiro atoms. The minimum Gasteiger partial charge on any atom is -0.486 e. The molecule has 1 N–H and O–H groups in total. The van der Waals surface area contributed by atoms with Crippen molar-refractivity contribution < 1.29 is 14.2 Å². The van der Waals surface area contributed by atoms with Crippen molar-refractivity contribution in [2.45, 2.75) is 33.1 Å². The fourth-order valence-electron chi connectivity index (χ4n) is 1.71. The zero-order valence-corrected chi connectivity index (χ0v) is 11.0. The molecule has 102 valence electrons. The SMILES string of the molecule is CCn1cc(COc2ccc([C@H](C)O)cc2F)cn1. The number of ether oxygens (including phenoxy) is 1. The van der Waals surface area contributed by atoms with Crippen molar-refractivity contribution in [1.29, 1.82) is 0 Å². The van der Waals surface area contributed by atoms with Crippen LogP contribution in [0.3, 0.4) is 0 Å². The first-order chi connectivity index (χ1) is 9.10. The summed E-state index contributed by atoms with van der Waals surface area (Å²) >= 11 is 0. The molecule has 2 rings (SSSR count). The van der Waals surface area contributed by atoms with Gasteiger partial charge < -0.3 is 9.84 Å². The van der Waals surface area contributed by atoms with E-state index in [-0.39, 0.29) is 12.4 Å². The normalized spacial score (nSPS) is 12.4. The Hall–Kier alpha value is -1.88. The van der Waals surface area contributed by atoms with Crippen molar-refractivity contribution in [1.82, 2.24) is 9.78 Å². The van der Waals surface area contributed by atoms with Crippen molar-refractivity contribution >= 4 is 0 Å². The van der Waals surface area contributed by atoms with Crippen LogP contribution in [0.2, 0.25) is 0 Å². The summed E-state index contributed by atoms with van der Waals surface area (Å²) < 4.78 is 20.9. The van der Waals surface area contributed by atoms with Crippen LogP contribution in [0.15, 0.2) is 30.6 Å². The smallest absolute Gasteiger partial charge is 0.165 e. The maximum atomic E-state index is 13.7. The molecule has 0 aliphatic rings. The van der Waals surface area contributed by atoms with Gasteiger partial charge in [0.2, 0.25) is 0 Å². The van der Waals surface area contributed by atoms with E-state index in [0.29, 0.717) is 5.56 Å². The summed E-state index contributed by atoms with van der Waals surface area (Å²) in [6.07, 6.45) is 2.87. The highest BCUT2D eigenvalue weighted by Crippen LogP contribution is 2.22. The van der Waals surface area contributed by atoms with Gasteiger partial charge in [0.1, 0.15) is 6.61 Å². The third-order valence-electron chi connectivity index (χ3n) is 2.84. The molecule has 0 bridgehead atoms. The molecule has 0 saturated heterocycles. The number of aliphatic hydroxyl groups is 1. The Morgan fingerprint density at radius 2 is 2.26 bits per heavy atom. The molecule has 0 unspecified atom stereocenters. The average molecular weight is 264 g/mol. The molecule has 0 amide bonds. The highest BCUT2D eigenvalue weighted by molar-refractivity contribution is 5.30. The maximum Gasteiger partial charge on any atom is 0.165 e. The molecule has 5 heteroatoms. The molecule has 2 aromatic rings. The van der Waals surface area contributed by atoms with Crippen LogP contribution in [0.4, 0.5) is 4.39 Å². The Morgan fingerprint density at radius 1 is 1.47 bits per heavy atom. The van der Waals surface area contributed by atoms with Crippen molar-refractivity contribution in [3.05, 3.63) is 47.5 Å². The van der Waals surface area contributed by atoms with E-state index in [0.717, 1.165) is 12.1 Å². The van der Waals surface area contributed by atoms with Gasteiger partial charge in [0.15, 0.2) is 11.6 Å². The van der Waals surface area contributed by atoms with Crippen LogP contribution in [0.5, 0.6) is 5.75 Å². The van der Waals surface area contributed by atoms with Gasteiger partial charge in [-0.3, -0.25) is 4.68 Å². The second-order valence-corrected chi connectivity index (χ2v) is 4.36. The van der Waals surface area contributed by atoms with Crippen molar-refractivity contribution in [3.63, 3.8) is 0 Å². The van der Waals surface area contributed by atoms with Gasteiger partial charge in [-0.1, -0.05) is 6.07 Å². The lowest BCUT2D eigenvalue weighted by Crippen LogP contribution is -1.99. The summed E-state index contributed by atoms with van der Waals surface area (Å²) in [5.41, 5.74) is 1.42. The van der Waals surface area contributed by atoms with Gasteiger partial charge >= 0.3 is 0 Å². The lowest BCUT2D eigenvalue weighted by molar-refractivity contribution is 0.198. The summed E-state index contributed by atoms with van der Waals surface area (Å²) in [4.78, 5) is 0. The van der Waals surface area contributed by atoms with Crippen LogP contribution in [0.1, 0.15) is 31.1 Å². The number of hydrogen-bond donors (Lipinski definition) is 1. The minimum atomic E-state index is -0.689. The fraction of sp³-hybridized carbons (Fsp3) is 0.357. The first-order valence-corrected chi connectivity index (χ1v) is 6.21. The number of aromatic nitrogens is 2. The number of benzene rings is 1. The maximum absolute atomic E-state index is 13.7. The minimum absolute atomic E-state index is 0.175. The molecule has 0 aliphatic carbocycles. The molecule has 19 heavy (non-hydrogen) atoms. The van der Waals surface area contributed by atoms with Crippen LogP contribution < -0.4 is 4.74 Å². The summed E-state index contributed by atoms with van der Waals surface area (Å²) in [5.74, 6) is -0.296. The van der Waals surface area contributed by atoms with Gasteiger partial charge in [0, 0.05) is 18.3 Å². The van der Waals surface area contributed by atoms with E-state index in [1.807, 2.05) is 13.1 Å². The Labute approximate surface area is 111 Å². The Kier molecular flexibility index (Phi) is 4.16. The third kappa shape index (κ3) is 3.32. The van der Waals surface area contributed by atoms with Crippen molar-refractivity contribution in [2.24, 2.45) is 0 Å². The van der Waals surface area contributed by atoms with Crippen LogP contribution in [-0.4, -0.2) is 14.9 Å². The molecule has 1 heterocycles. The second kappa shape index (κ2) is 5.84. The lowest BCUT2D eigenvalue weighted by atomic mass is 10.1. The van der Waals surface area contributed by atoms with E-state index < -0.39 is 11.9 Å². The van der Waals surface area contributed by atoms with Gasteiger partial charge in [0.25, 0.3) is 0 Å². The molecule has 0 saturated carbocycles. The van der Waals surface area contributed by atoms with E-state index in [1.165, 1.54) is 12.1 Å². The van der Waals surface area contributed by atoms with E-state index in [9.17, 15) is 9.50 Å². The lowest BCUT2D eigenvalue weighted by Gasteiger charge is -2.09. The molecule has 0 aliphatic heterocycles. The van der Waals surface area contributed by atoms with Gasteiger partial charge in [-0.25, -0.2) is 4.39 Å². The zero-order valence-electron chi connectivity index (χ0n) is 11.0. The van der Waals surface area contributed by atoms with Gasteiger partial charge in [-0.15, -0.1) is 0 Å². The van der Waals surface area contributed by atoms with E-state index in [1.54, 1.807) is 23.9 Å². The van der Waals surface area contributed by atoms with Crippen LogP contribution >= 0.6 is 0 Å². The molecule has 1 aromatic carbocycles. The molecular formula is C14H17FN2O2. The summed E-state index contributed by atoms with van der Waals surface area (Å²) in [6, 6.07) is 4.47. The standard InChI is InChI=1S/C14H17FN2O2/c1-3-17-8-11(7-16-17)9-19-14-5-4-12(10(2)18)6-13(14)15/h4-8,10,18H,3,9H2,1-2H3/t10-/m0/s1. The van der Waals surface area contributed by atoms with E-state index >= 15 is 0 Å². The largest absolute Gasteiger partial charge is 0.486 e. The summed E-state index contributed by atoms with van der Waals surface area (Å²) in [7, 11) is 0. The van der Waals surface area contributed by atoms with Gasteiger partial charge in [0.05, 0.1) is 12.3 Å². The summed E-state index contributed by atoms with van der Waals surface area (Å²) in [5, 5.41) is 13.5. The highest BCUT2D eigenvalue weighted by atomic mass is 19.1. The predicted octanol–water partition coefficient (Wildman–Crippen LogP) is 2.67. The molecule has 0 radical (unpaired) electrons. The number of nitrogens with zero attached hydrogens (tertiary/aromatic N) is 2. The molecule has 1 atom stereocenters. The molecule has 1 aromatic heterocycles. The number of halogens is 1. The Balaban J connectivity index is 2.03. The topological polar surface area (TPSA) is 47.3 Å². The quantitative estimate of drug-likeness (QED) is 0.903. The highest BCUT2D eigenvalue weighted by Gasteiger charge is 2.08. The van der Waals surface area contributed by atoms with Crippen molar-refractivity contribution in [2.75, 3.05) is 0 Å². The Morgan fingerprint density at radius 3 is 2.84 bits per heavy atom. The molecule has 0 fully saturated rings. The van der Waals surface area contributed by atoms with Crippen molar-refractivity contribution in [3.8, 4) is 5.75 Å². The molecule has 4 nitrogen and oxygen atoms in total. The van der Waals surface area contributed by atoms with E-state index in [4.69, 9.17) is 4.74 Å². The third-order valence-corrected chi connectivity index (χ3v) is 2.84. The fourth-order valence-corrected chi connectivity index (χ4v) is 1.71. The Bertz CT molecular complexity index is 552. The number of hydrogen-bond acceptors (Lipinski definition) is 3. The van der Waals surface area contributed by atoms with Crippen LogP contribution in [0, 0.1) is 5.82 Å². The van der Waals surface area contributed by atoms with E-state index in [2.05, 4.69) is 5.10 Å². The summed E-state index contributed by atoms with van der Waals surface area (Å²) in [6.45, 7) is 4.64.